The number of fused-ring (bicyclic) bond motifs is 1. The fourth-order valence-electron chi connectivity index (χ4n) is 1.66. The number of nitrogens with two attached hydrogens (primary N) is 1. The molecular formula is C12H18N6. The summed E-state index contributed by atoms with van der Waals surface area (Å²) in [6.07, 6.45) is 5.39. The molecule has 0 atom stereocenters. The first-order valence-electron chi connectivity index (χ1n) is 5.95. The second-order valence-electron chi connectivity index (χ2n) is 4.28. The second kappa shape index (κ2) is 5.59. The van der Waals surface area contributed by atoms with Crippen LogP contribution in [0.3, 0.4) is 0 Å². The van der Waals surface area contributed by atoms with Gasteiger partial charge in [-0.05, 0) is 13.8 Å². The molecule has 0 bridgehead atoms. The molecule has 2 rings (SSSR count). The highest BCUT2D eigenvalue weighted by Crippen LogP contribution is 2.16. The number of hydrogen-bond acceptors (Lipinski definition) is 5. The number of allylic oxidation sites excluding steroid dienone is 1. The van der Waals surface area contributed by atoms with Crippen LogP contribution in [0.25, 0.3) is 11.2 Å². The highest BCUT2D eigenvalue weighted by Gasteiger charge is 2.08. The van der Waals surface area contributed by atoms with Crippen LogP contribution in [0.15, 0.2) is 24.3 Å². The van der Waals surface area contributed by atoms with Crippen molar-refractivity contribution in [1.82, 2.24) is 19.5 Å². The highest BCUT2D eigenvalue weighted by atomic mass is 15.1. The third-order valence-electron chi connectivity index (χ3n) is 2.55. The predicted molar refractivity (Wildman–Crippen MR) is 72.3 cm³/mol. The summed E-state index contributed by atoms with van der Waals surface area (Å²) < 4.78 is 1.93. The summed E-state index contributed by atoms with van der Waals surface area (Å²) in [5.41, 5.74) is 8.41. The van der Waals surface area contributed by atoms with E-state index in [2.05, 4.69) is 40.2 Å². The smallest absolute Gasteiger partial charge is 0.165 e. The minimum absolute atomic E-state index is 0.565. The van der Waals surface area contributed by atoms with Crippen LogP contribution in [0.2, 0.25) is 0 Å². The van der Waals surface area contributed by atoms with Crippen LogP contribution in [-0.4, -0.2) is 32.6 Å². The molecule has 0 aliphatic carbocycles. The fourth-order valence-corrected chi connectivity index (χ4v) is 1.66. The molecule has 6 nitrogen and oxygen atoms in total. The monoisotopic (exact) mass is 246 g/mol. The number of hydrogen-bond donors (Lipinski definition) is 2. The van der Waals surface area contributed by atoms with Gasteiger partial charge in [0.15, 0.2) is 11.5 Å². The maximum absolute atomic E-state index is 5.55. The lowest BCUT2D eigenvalue weighted by Crippen LogP contribution is -2.09. The average molecular weight is 246 g/mol. The Balaban J connectivity index is 2.26. The first-order chi connectivity index (χ1) is 8.72. The highest BCUT2D eigenvalue weighted by molar-refractivity contribution is 5.82. The summed E-state index contributed by atoms with van der Waals surface area (Å²) in [4.78, 5) is 12.8. The molecule has 0 saturated heterocycles. The molecule has 6 heteroatoms. The zero-order valence-corrected chi connectivity index (χ0v) is 10.7. The molecule has 3 N–H and O–H groups in total. The van der Waals surface area contributed by atoms with Crippen molar-refractivity contribution in [1.29, 1.82) is 0 Å². The third-order valence-corrected chi connectivity index (χ3v) is 2.55. The van der Waals surface area contributed by atoms with Crippen LogP contribution in [0.5, 0.6) is 0 Å². The zero-order chi connectivity index (χ0) is 13.0. The van der Waals surface area contributed by atoms with Gasteiger partial charge in [-0.15, -0.1) is 0 Å². The molecule has 0 fully saturated rings. The molecule has 0 saturated carbocycles. The average Bonchev–Trinajstić information content (AvgIpc) is 2.74. The van der Waals surface area contributed by atoms with Gasteiger partial charge in [-0.2, -0.15) is 0 Å². The van der Waals surface area contributed by atoms with E-state index in [1.54, 1.807) is 12.7 Å². The van der Waals surface area contributed by atoms with E-state index in [9.17, 15) is 0 Å². The summed E-state index contributed by atoms with van der Waals surface area (Å²) in [6, 6.07) is 0. The Kier molecular flexibility index (Phi) is 3.88. The number of nitrogens with zero attached hydrogens (tertiary/aromatic N) is 4. The Morgan fingerprint density at radius 2 is 2.22 bits per heavy atom. The van der Waals surface area contributed by atoms with Crippen LogP contribution in [0.1, 0.15) is 13.8 Å². The first kappa shape index (κ1) is 12.5. The fraction of sp³-hybridized carbons (Fsp3) is 0.417. The van der Waals surface area contributed by atoms with Crippen molar-refractivity contribution in [2.75, 3.05) is 18.4 Å². The Hall–Kier alpha value is -1.95. The van der Waals surface area contributed by atoms with Gasteiger partial charge in [0.25, 0.3) is 0 Å². The van der Waals surface area contributed by atoms with Crippen molar-refractivity contribution in [2.45, 2.75) is 20.4 Å². The molecule has 0 aliphatic heterocycles. The van der Waals surface area contributed by atoms with Crippen LogP contribution in [-0.2, 0) is 6.54 Å². The molecule has 0 unspecified atom stereocenters. The SMILES string of the molecule is CC(C)=CCNc1ncnc2c1ncn2CCN. The molecule has 18 heavy (non-hydrogen) atoms. The topological polar surface area (TPSA) is 81.7 Å². The largest absolute Gasteiger partial charge is 0.365 e. The normalized spacial score (nSPS) is 10.6. The van der Waals surface area contributed by atoms with E-state index < -0.39 is 0 Å². The van der Waals surface area contributed by atoms with Crippen LogP contribution in [0.4, 0.5) is 5.82 Å². The van der Waals surface area contributed by atoms with Gasteiger partial charge in [0.05, 0.1) is 6.33 Å². The summed E-state index contributed by atoms with van der Waals surface area (Å²) in [6.45, 7) is 6.13. The van der Waals surface area contributed by atoms with Crippen LogP contribution >= 0.6 is 0 Å². The van der Waals surface area contributed by atoms with Crippen LogP contribution < -0.4 is 11.1 Å². The third kappa shape index (κ3) is 2.65. The first-order valence-corrected chi connectivity index (χ1v) is 5.95. The van der Waals surface area contributed by atoms with E-state index in [0.29, 0.717) is 13.1 Å². The molecule has 96 valence electrons. The maximum Gasteiger partial charge on any atom is 0.165 e. The van der Waals surface area contributed by atoms with E-state index >= 15 is 0 Å². The zero-order valence-electron chi connectivity index (χ0n) is 10.7. The Morgan fingerprint density at radius 3 is 2.94 bits per heavy atom. The van der Waals surface area contributed by atoms with Gasteiger partial charge in [-0.1, -0.05) is 11.6 Å². The summed E-state index contributed by atoms with van der Waals surface area (Å²) in [5, 5.41) is 3.24. The van der Waals surface area contributed by atoms with E-state index in [4.69, 9.17) is 5.73 Å². The summed E-state index contributed by atoms with van der Waals surface area (Å²) in [5.74, 6) is 0.758. The predicted octanol–water partition coefficient (Wildman–Crippen LogP) is 1.16. The molecule has 2 heterocycles. The summed E-state index contributed by atoms with van der Waals surface area (Å²) >= 11 is 0. The second-order valence-corrected chi connectivity index (χ2v) is 4.28. The molecule has 0 aromatic carbocycles. The quantitative estimate of drug-likeness (QED) is 0.774. The molecule has 0 spiro atoms. The van der Waals surface area contributed by atoms with Gasteiger partial charge in [0, 0.05) is 19.6 Å². The van der Waals surface area contributed by atoms with Gasteiger partial charge in [-0.3, -0.25) is 0 Å². The van der Waals surface area contributed by atoms with E-state index in [1.807, 2.05) is 4.57 Å². The molecular weight excluding hydrogens is 228 g/mol. The Morgan fingerprint density at radius 1 is 1.39 bits per heavy atom. The van der Waals surface area contributed by atoms with Gasteiger partial charge in [0.1, 0.15) is 11.8 Å². The lowest BCUT2D eigenvalue weighted by molar-refractivity contribution is 0.721. The van der Waals surface area contributed by atoms with Crippen molar-refractivity contribution >= 4 is 17.0 Å². The number of nitrogens with one attached hydrogen (secondary N) is 1. The van der Waals surface area contributed by atoms with Gasteiger partial charge in [-0.25, -0.2) is 15.0 Å². The lowest BCUT2D eigenvalue weighted by Gasteiger charge is -2.04. The van der Waals surface area contributed by atoms with Gasteiger partial charge >= 0.3 is 0 Å². The van der Waals surface area contributed by atoms with E-state index in [1.165, 1.54) is 5.57 Å². The minimum Gasteiger partial charge on any atom is -0.365 e. The molecule has 0 radical (unpaired) electrons. The Labute approximate surface area is 106 Å². The van der Waals surface area contributed by atoms with Crippen molar-refractivity contribution in [3.05, 3.63) is 24.3 Å². The van der Waals surface area contributed by atoms with Gasteiger partial charge in [0.2, 0.25) is 0 Å². The summed E-state index contributed by atoms with van der Waals surface area (Å²) in [7, 11) is 0. The van der Waals surface area contributed by atoms with E-state index in [0.717, 1.165) is 23.5 Å². The minimum atomic E-state index is 0.565. The Bertz CT molecular complexity index is 553. The van der Waals surface area contributed by atoms with Crippen LogP contribution in [0, 0.1) is 0 Å². The number of imidazole rings is 1. The van der Waals surface area contributed by atoms with Gasteiger partial charge < -0.3 is 15.6 Å². The van der Waals surface area contributed by atoms with Crippen molar-refractivity contribution in [3.8, 4) is 0 Å². The maximum atomic E-state index is 5.55. The van der Waals surface area contributed by atoms with Crippen molar-refractivity contribution in [2.24, 2.45) is 5.73 Å². The molecule has 2 aromatic heterocycles. The number of aromatic nitrogens is 4. The van der Waals surface area contributed by atoms with Crippen molar-refractivity contribution < 1.29 is 0 Å². The van der Waals surface area contributed by atoms with Crippen molar-refractivity contribution in [3.63, 3.8) is 0 Å². The molecule has 0 aliphatic rings. The molecule has 0 amide bonds. The lowest BCUT2D eigenvalue weighted by atomic mass is 10.3. The number of anilines is 1. The standard InChI is InChI=1S/C12H18N6/c1-9(2)3-5-14-11-10-12(16-7-15-11)18(6-4-13)8-17-10/h3,7-8H,4-6,13H2,1-2H3,(H,14,15,16). The molecule has 2 aromatic rings. The number of rotatable bonds is 5. The van der Waals surface area contributed by atoms with E-state index in [-0.39, 0.29) is 0 Å².